The Labute approximate surface area is 246 Å². The Morgan fingerprint density at radius 1 is 0.651 bits per heavy atom. The minimum absolute atomic E-state index is 0. The van der Waals surface area contributed by atoms with E-state index in [0.29, 0.717) is 0 Å². The van der Waals surface area contributed by atoms with Crippen molar-refractivity contribution < 1.29 is 74.8 Å². The number of rotatable bonds is 4. The maximum atomic E-state index is 11.6. The van der Waals surface area contributed by atoms with Crippen molar-refractivity contribution in [3.8, 4) is 0 Å². The van der Waals surface area contributed by atoms with Crippen molar-refractivity contribution in [2.45, 2.75) is 24.9 Å². The fourth-order valence-corrected chi connectivity index (χ4v) is 4.52. The van der Waals surface area contributed by atoms with Gasteiger partial charge in [-0.25, -0.2) is 9.59 Å². The molecule has 2 heterocycles. The molecule has 0 radical (unpaired) electrons. The molecule has 236 valence electrons. The zero-order chi connectivity index (χ0) is 31.7. The van der Waals surface area contributed by atoms with E-state index in [1.54, 1.807) is 0 Å². The van der Waals surface area contributed by atoms with Gasteiger partial charge in [-0.15, -0.1) is 0 Å². The van der Waals surface area contributed by atoms with E-state index in [1.807, 2.05) is 36.4 Å². The second-order valence-corrected chi connectivity index (χ2v) is 8.94. The highest BCUT2D eigenvalue weighted by Gasteiger charge is 2.39. The number of carboxylic acid groups (broad SMARTS) is 4. The molecular weight excluding hydrogens is 572 g/mol. The molecule has 2 saturated heterocycles. The molecule has 0 spiro atoms. The minimum atomic E-state index is -2.07. The summed E-state index contributed by atoms with van der Waals surface area (Å²) in [6.07, 6.45) is 1.82. The van der Waals surface area contributed by atoms with Gasteiger partial charge in [0, 0.05) is 24.0 Å². The largest absolute Gasteiger partial charge is 0.539 e. The van der Waals surface area contributed by atoms with E-state index in [2.05, 4.69) is 34.9 Å². The highest BCUT2D eigenvalue weighted by molar-refractivity contribution is 6.26. The van der Waals surface area contributed by atoms with Gasteiger partial charge in [0.05, 0.1) is 27.3 Å². The topological polar surface area (TPSA) is 272 Å². The quantitative estimate of drug-likeness (QED) is 0.190. The first-order valence-corrected chi connectivity index (χ1v) is 12.7. The van der Waals surface area contributed by atoms with Crippen LogP contribution in [0.2, 0.25) is 0 Å². The summed E-state index contributed by atoms with van der Waals surface area (Å²) < 4.78 is 9.65. The molecule has 4 atom stereocenters. The molecule has 2 fully saturated rings. The maximum absolute atomic E-state index is 11.6. The Kier molecular flexibility index (Phi) is 17.8. The van der Waals surface area contributed by atoms with Crippen LogP contribution in [0.25, 0.3) is 0 Å². The molecule has 15 nitrogen and oxygen atoms in total. The van der Waals surface area contributed by atoms with Crippen molar-refractivity contribution >= 4 is 35.8 Å². The fourth-order valence-electron chi connectivity index (χ4n) is 4.52. The highest BCUT2D eigenvalue weighted by Crippen LogP contribution is 2.26. The standard InChI is InChI=1S/2C12H15NO2.2C2H2O4.H2O/c2*1-15-12(14)10-7-8-13-11(10)9-5-3-2-4-6-9;2*3-1(4)2(5)6;/h2*2-6,10-11,13H,7-8H2,1H3;2*(H,3,4)(H,5,6);1H2. The Morgan fingerprint density at radius 3 is 1.16 bits per heavy atom. The lowest BCUT2D eigenvalue weighted by Crippen LogP contribution is -2.82. The predicted molar refractivity (Wildman–Crippen MR) is 141 cm³/mol. The molecule has 2 aromatic rings. The maximum Gasteiger partial charge on any atom is 0.351 e. The molecule has 2 aliphatic heterocycles. The van der Waals surface area contributed by atoms with Gasteiger partial charge in [0.15, 0.2) is 11.9 Å². The monoisotopic (exact) mass is 608 g/mol. The van der Waals surface area contributed by atoms with Gasteiger partial charge in [0.25, 0.3) is 0 Å². The number of nitrogens with two attached hydrogens (primary N) is 2. The van der Waals surface area contributed by atoms with Crippen molar-refractivity contribution in [1.29, 1.82) is 0 Å². The predicted octanol–water partition coefficient (Wildman–Crippen LogP) is -4.21. The van der Waals surface area contributed by atoms with E-state index in [9.17, 15) is 9.59 Å². The first kappa shape index (κ1) is 38.1. The number of carbonyl (C=O) groups is 6. The van der Waals surface area contributed by atoms with Gasteiger partial charge in [-0.3, -0.25) is 9.59 Å². The zero-order valence-electron chi connectivity index (χ0n) is 23.5. The number of quaternary nitrogens is 2. The normalized spacial score (nSPS) is 19.6. The molecule has 2 aliphatic rings. The van der Waals surface area contributed by atoms with Gasteiger partial charge in [-0.05, 0) is 0 Å². The smallest absolute Gasteiger partial charge is 0.351 e. The third kappa shape index (κ3) is 13.1. The van der Waals surface area contributed by atoms with Crippen LogP contribution in [0.3, 0.4) is 0 Å². The van der Waals surface area contributed by atoms with Crippen molar-refractivity contribution in [2.24, 2.45) is 11.8 Å². The highest BCUT2D eigenvalue weighted by atomic mass is 16.5. The number of methoxy groups -OCH3 is 2. The van der Waals surface area contributed by atoms with Crippen LogP contribution >= 0.6 is 0 Å². The summed E-state index contributed by atoms with van der Waals surface area (Å²) in [7, 11) is 2.92. The van der Waals surface area contributed by atoms with E-state index in [0.717, 1.165) is 25.9 Å². The molecule has 2 aromatic carbocycles. The fraction of sp³-hybridized carbons (Fsp3) is 0.357. The summed E-state index contributed by atoms with van der Waals surface area (Å²) in [5, 5.41) is 37.1. The Hall–Kier alpha value is -4.86. The minimum Gasteiger partial charge on any atom is -0.539 e. The lowest BCUT2D eigenvalue weighted by atomic mass is 9.94. The second kappa shape index (κ2) is 20.1. The van der Waals surface area contributed by atoms with E-state index in [-0.39, 0.29) is 41.3 Å². The van der Waals surface area contributed by atoms with Crippen molar-refractivity contribution in [2.75, 3.05) is 27.3 Å². The summed E-state index contributed by atoms with van der Waals surface area (Å²) in [6, 6.07) is 20.8. The third-order valence-electron chi connectivity index (χ3n) is 6.39. The number of aliphatic carboxylic acids is 4. The molecule has 43 heavy (non-hydrogen) atoms. The van der Waals surface area contributed by atoms with E-state index in [1.165, 1.54) is 25.3 Å². The summed E-state index contributed by atoms with van der Waals surface area (Å²) in [6.45, 7) is 2.00. The average molecular weight is 609 g/mol. The molecule has 0 aromatic heterocycles. The molecule has 0 bridgehead atoms. The van der Waals surface area contributed by atoms with Gasteiger partial charge < -0.3 is 55.6 Å². The van der Waals surface area contributed by atoms with Crippen molar-refractivity contribution in [3.05, 3.63) is 71.8 Å². The lowest BCUT2D eigenvalue weighted by molar-refractivity contribution is -0.678. The van der Waals surface area contributed by atoms with Crippen LogP contribution in [0.5, 0.6) is 0 Å². The van der Waals surface area contributed by atoms with Crippen LogP contribution in [-0.4, -0.2) is 78.8 Å². The number of carboxylic acids is 4. The number of benzene rings is 2. The number of esters is 2. The summed E-state index contributed by atoms with van der Waals surface area (Å²) in [5.74, 6) is -8.17. The third-order valence-corrected chi connectivity index (χ3v) is 6.39. The van der Waals surface area contributed by atoms with Gasteiger partial charge in [-0.2, -0.15) is 0 Å². The number of hydrogen-bond acceptors (Lipinski definition) is 10. The lowest BCUT2D eigenvalue weighted by Gasteiger charge is -2.14. The van der Waals surface area contributed by atoms with E-state index < -0.39 is 23.9 Å². The van der Waals surface area contributed by atoms with Crippen LogP contribution in [0.4, 0.5) is 0 Å². The Morgan fingerprint density at radius 2 is 0.930 bits per heavy atom. The first-order chi connectivity index (χ1) is 19.9. The van der Waals surface area contributed by atoms with Crippen LogP contribution in [0.1, 0.15) is 36.1 Å². The molecule has 8 N–H and O–H groups in total. The number of carbonyl (C=O) groups excluding carboxylic acids is 4. The summed E-state index contributed by atoms with van der Waals surface area (Å²) in [5.41, 5.74) is 2.43. The van der Waals surface area contributed by atoms with Crippen LogP contribution in [-0.2, 0) is 38.2 Å². The molecular formula is C28H36N2O13. The summed E-state index contributed by atoms with van der Waals surface area (Å²) in [4.78, 5) is 59.2. The Bertz CT molecular complexity index is 1070. The zero-order valence-corrected chi connectivity index (χ0v) is 23.5. The number of ether oxygens (including phenoxy) is 2. The van der Waals surface area contributed by atoms with Crippen molar-refractivity contribution in [1.82, 2.24) is 0 Å². The molecule has 0 aliphatic carbocycles. The summed E-state index contributed by atoms with van der Waals surface area (Å²) >= 11 is 0. The molecule has 4 unspecified atom stereocenters. The SMILES string of the molecule is COC(=O)C1CC[NH2+]C1c1ccccc1.COC(=O)C1CC[NH2+]C1c1ccccc1.O.O=C([O-])C(=O)O.O=C([O-])C(=O)O. The van der Waals surface area contributed by atoms with E-state index in [4.69, 9.17) is 49.1 Å². The molecule has 0 saturated carbocycles. The molecule has 15 heteroatoms. The van der Waals surface area contributed by atoms with Crippen molar-refractivity contribution in [3.63, 3.8) is 0 Å². The molecule has 4 rings (SSSR count). The van der Waals surface area contributed by atoms with Gasteiger partial charge in [0.2, 0.25) is 0 Å². The van der Waals surface area contributed by atoms with Gasteiger partial charge in [-0.1, -0.05) is 60.7 Å². The van der Waals surface area contributed by atoms with E-state index >= 15 is 0 Å². The average Bonchev–Trinajstić information content (AvgIpc) is 3.69. The van der Waals surface area contributed by atoms with Gasteiger partial charge >= 0.3 is 23.9 Å². The first-order valence-electron chi connectivity index (χ1n) is 12.7. The van der Waals surface area contributed by atoms with Gasteiger partial charge in [0.1, 0.15) is 23.9 Å². The van der Waals surface area contributed by atoms with Crippen LogP contribution < -0.4 is 20.8 Å². The van der Waals surface area contributed by atoms with Crippen LogP contribution in [0.15, 0.2) is 60.7 Å². The number of hydrogen-bond donors (Lipinski definition) is 4. The second-order valence-electron chi connectivity index (χ2n) is 8.94. The Balaban J connectivity index is 0.000000594. The molecule has 0 amide bonds. The van der Waals surface area contributed by atoms with Crippen LogP contribution in [0, 0.1) is 11.8 Å².